The van der Waals surface area contributed by atoms with Crippen LogP contribution in [-0.4, -0.2) is 72.4 Å². The third kappa shape index (κ3) is 5.53. The molecule has 152 valence electrons. The number of methoxy groups -OCH3 is 1. The lowest BCUT2D eigenvalue weighted by Gasteiger charge is -2.34. The Morgan fingerprint density at radius 1 is 1.18 bits per heavy atom. The second-order valence-electron chi connectivity index (χ2n) is 6.70. The molecule has 1 aliphatic rings. The molecule has 0 N–H and O–H groups in total. The average molecular weight is 388 g/mol. The first kappa shape index (κ1) is 20.3. The first-order valence-electron chi connectivity index (χ1n) is 9.74. The smallest absolute Gasteiger partial charge is 0.241 e. The molecule has 0 aliphatic carbocycles. The number of aromatic nitrogens is 2. The van der Waals surface area contributed by atoms with Crippen LogP contribution in [0.25, 0.3) is 11.4 Å². The minimum absolute atomic E-state index is 0.207. The van der Waals surface area contributed by atoms with Crippen molar-refractivity contribution in [2.24, 2.45) is 0 Å². The van der Waals surface area contributed by atoms with Crippen molar-refractivity contribution in [3.63, 3.8) is 0 Å². The molecule has 0 spiro atoms. The van der Waals surface area contributed by atoms with Gasteiger partial charge in [-0.25, -0.2) is 0 Å². The highest BCUT2D eigenvalue weighted by Crippen LogP contribution is 2.20. The standard InChI is InChI=1S/C20H28N4O4/c1-3-27-14-4-5-19(25)24-12-10-23(11-13-24)15-18-21-20(22-28-18)16-6-8-17(26-2)9-7-16/h6-9H,3-5,10-15H2,1-2H3. The summed E-state index contributed by atoms with van der Waals surface area (Å²) in [5.41, 5.74) is 0.887. The van der Waals surface area contributed by atoms with Crippen molar-refractivity contribution in [1.82, 2.24) is 19.9 Å². The van der Waals surface area contributed by atoms with E-state index in [-0.39, 0.29) is 5.91 Å². The molecule has 1 aromatic heterocycles. The molecule has 1 aliphatic heterocycles. The van der Waals surface area contributed by atoms with Gasteiger partial charge in [-0.05, 0) is 37.6 Å². The summed E-state index contributed by atoms with van der Waals surface area (Å²) in [4.78, 5) is 20.9. The van der Waals surface area contributed by atoms with Gasteiger partial charge in [0.05, 0.1) is 13.7 Å². The Kier molecular flexibility index (Phi) is 7.39. The van der Waals surface area contributed by atoms with E-state index in [2.05, 4.69) is 15.0 Å². The van der Waals surface area contributed by atoms with E-state index in [1.54, 1.807) is 7.11 Å². The van der Waals surface area contributed by atoms with Gasteiger partial charge in [-0.2, -0.15) is 4.98 Å². The van der Waals surface area contributed by atoms with Gasteiger partial charge in [0.1, 0.15) is 5.75 Å². The van der Waals surface area contributed by atoms with Crippen LogP contribution >= 0.6 is 0 Å². The minimum Gasteiger partial charge on any atom is -0.497 e. The van der Waals surface area contributed by atoms with Gasteiger partial charge in [-0.1, -0.05) is 5.16 Å². The zero-order valence-corrected chi connectivity index (χ0v) is 16.6. The highest BCUT2D eigenvalue weighted by atomic mass is 16.5. The van der Waals surface area contributed by atoms with Crippen LogP contribution in [0.1, 0.15) is 25.7 Å². The van der Waals surface area contributed by atoms with E-state index in [4.69, 9.17) is 14.0 Å². The molecule has 2 aromatic rings. The van der Waals surface area contributed by atoms with Gasteiger partial charge in [0.25, 0.3) is 0 Å². The summed E-state index contributed by atoms with van der Waals surface area (Å²) in [6.07, 6.45) is 1.33. The molecule has 3 rings (SSSR count). The lowest BCUT2D eigenvalue weighted by Crippen LogP contribution is -2.48. The molecule has 0 saturated carbocycles. The lowest BCUT2D eigenvalue weighted by atomic mass is 10.2. The maximum atomic E-state index is 12.2. The van der Waals surface area contributed by atoms with E-state index >= 15 is 0 Å². The van der Waals surface area contributed by atoms with Crippen LogP contribution in [0.5, 0.6) is 5.75 Å². The normalized spacial score (nSPS) is 15.0. The summed E-state index contributed by atoms with van der Waals surface area (Å²) >= 11 is 0. The second kappa shape index (κ2) is 10.2. The van der Waals surface area contributed by atoms with Crippen LogP contribution in [0.3, 0.4) is 0 Å². The van der Waals surface area contributed by atoms with Crippen LogP contribution in [0, 0.1) is 0 Å². The highest BCUT2D eigenvalue weighted by Gasteiger charge is 2.22. The van der Waals surface area contributed by atoms with E-state index in [0.717, 1.165) is 43.9 Å². The van der Waals surface area contributed by atoms with Gasteiger partial charge in [0, 0.05) is 51.4 Å². The number of hydrogen-bond acceptors (Lipinski definition) is 7. The molecule has 1 aromatic carbocycles. The summed E-state index contributed by atoms with van der Waals surface area (Å²) in [5.74, 6) is 2.15. The Balaban J connectivity index is 1.44. The average Bonchev–Trinajstić information content (AvgIpc) is 3.20. The van der Waals surface area contributed by atoms with Crippen LogP contribution in [-0.2, 0) is 16.1 Å². The summed E-state index contributed by atoms with van der Waals surface area (Å²) in [5, 5.41) is 4.07. The maximum absolute atomic E-state index is 12.2. The number of amides is 1. The van der Waals surface area contributed by atoms with Crippen molar-refractivity contribution in [3.05, 3.63) is 30.2 Å². The molecule has 28 heavy (non-hydrogen) atoms. The lowest BCUT2D eigenvalue weighted by molar-refractivity contribution is -0.133. The number of carbonyl (C=O) groups excluding carboxylic acids is 1. The predicted octanol–water partition coefficient (Wildman–Crippen LogP) is 2.21. The maximum Gasteiger partial charge on any atom is 0.241 e. The fraction of sp³-hybridized carbons (Fsp3) is 0.550. The molecule has 8 nitrogen and oxygen atoms in total. The van der Waals surface area contributed by atoms with Gasteiger partial charge >= 0.3 is 0 Å². The zero-order valence-electron chi connectivity index (χ0n) is 16.6. The summed E-state index contributed by atoms with van der Waals surface area (Å²) in [6, 6.07) is 7.55. The first-order valence-corrected chi connectivity index (χ1v) is 9.74. The predicted molar refractivity (Wildman–Crippen MR) is 104 cm³/mol. The number of hydrogen-bond donors (Lipinski definition) is 0. The molecule has 0 bridgehead atoms. The third-order valence-electron chi connectivity index (χ3n) is 4.78. The molecule has 0 unspecified atom stereocenters. The molecule has 1 fully saturated rings. The Hall–Kier alpha value is -2.45. The Morgan fingerprint density at radius 2 is 1.93 bits per heavy atom. The van der Waals surface area contributed by atoms with E-state index in [9.17, 15) is 4.79 Å². The number of nitrogens with zero attached hydrogens (tertiary/aromatic N) is 4. The molecule has 8 heteroatoms. The number of ether oxygens (including phenoxy) is 2. The first-order chi connectivity index (χ1) is 13.7. The van der Waals surface area contributed by atoms with Crippen molar-refractivity contribution in [1.29, 1.82) is 0 Å². The summed E-state index contributed by atoms with van der Waals surface area (Å²) in [6.45, 7) is 6.97. The fourth-order valence-corrected chi connectivity index (χ4v) is 3.15. The molecular weight excluding hydrogens is 360 g/mol. The van der Waals surface area contributed by atoms with Crippen LogP contribution in [0.4, 0.5) is 0 Å². The van der Waals surface area contributed by atoms with E-state index in [1.165, 1.54) is 0 Å². The van der Waals surface area contributed by atoms with E-state index < -0.39 is 0 Å². The SMILES string of the molecule is CCOCCCC(=O)N1CCN(Cc2nc(-c3ccc(OC)cc3)no2)CC1. The van der Waals surface area contributed by atoms with Crippen LogP contribution < -0.4 is 4.74 Å². The molecule has 1 amide bonds. The van der Waals surface area contributed by atoms with Crippen molar-refractivity contribution in [3.8, 4) is 17.1 Å². The number of carbonyl (C=O) groups is 1. The van der Waals surface area contributed by atoms with Gasteiger partial charge in [0.2, 0.25) is 17.6 Å². The van der Waals surface area contributed by atoms with E-state index in [1.807, 2.05) is 36.1 Å². The second-order valence-corrected chi connectivity index (χ2v) is 6.70. The summed E-state index contributed by atoms with van der Waals surface area (Å²) < 4.78 is 15.9. The largest absolute Gasteiger partial charge is 0.497 e. The van der Waals surface area contributed by atoms with E-state index in [0.29, 0.717) is 37.9 Å². The number of rotatable bonds is 9. The van der Waals surface area contributed by atoms with Crippen molar-refractivity contribution in [2.45, 2.75) is 26.3 Å². The minimum atomic E-state index is 0.207. The molecule has 2 heterocycles. The Morgan fingerprint density at radius 3 is 2.61 bits per heavy atom. The van der Waals surface area contributed by atoms with Crippen molar-refractivity contribution in [2.75, 3.05) is 46.5 Å². The molecule has 0 atom stereocenters. The van der Waals surface area contributed by atoms with Crippen LogP contribution in [0.2, 0.25) is 0 Å². The van der Waals surface area contributed by atoms with Crippen molar-refractivity contribution < 1.29 is 18.8 Å². The van der Waals surface area contributed by atoms with Gasteiger partial charge < -0.3 is 18.9 Å². The molecule has 1 saturated heterocycles. The Bertz CT molecular complexity index is 739. The van der Waals surface area contributed by atoms with Crippen molar-refractivity contribution >= 4 is 5.91 Å². The molecular formula is C20H28N4O4. The third-order valence-corrected chi connectivity index (χ3v) is 4.78. The highest BCUT2D eigenvalue weighted by molar-refractivity contribution is 5.76. The topological polar surface area (TPSA) is 80.9 Å². The van der Waals surface area contributed by atoms with Gasteiger partial charge in [-0.3, -0.25) is 9.69 Å². The Labute approximate surface area is 165 Å². The zero-order chi connectivity index (χ0) is 19.8. The molecule has 0 radical (unpaired) electrons. The quantitative estimate of drug-likeness (QED) is 0.609. The number of piperazine rings is 1. The fourth-order valence-electron chi connectivity index (χ4n) is 3.15. The monoisotopic (exact) mass is 388 g/mol. The van der Waals surface area contributed by atoms with Crippen LogP contribution in [0.15, 0.2) is 28.8 Å². The van der Waals surface area contributed by atoms with Gasteiger partial charge in [-0.15, -0.1) is 0 Å². The summed E-state index contributed by atoms with van der Waals surface area (Å²) in [7, 11) is 1.63. The number of benzene rings is 1. The van der Waals surface area contributed by atoms with Gasteiger partial charge in [0.15, 0.2) is 0 Å².